The van der Waals surface area contributed by atoms with Crippen molar-refractivity contribution in [1.29, 1.82) is 0 Å². The number of rotatable bonds is 6. The summed E-state index contributed by atoms with van der Waals surface area (Å²) >= 11 is 0. The van der Waals surface area contributed by atoms with E-state index in [0.717, 1.165) is 16.7 Å². The second kappa shape index (κ2) is 9.51. The highest BCUT2D eigenvalue weighted by atomic mass is 16.2. The molecule has 0 aliphatic heterocycles. The molecule has 0 saturated carbocycles. The number of benzene rings is 3. The van der Waals surface area contributed by atoms with E-state index in [2.05, 4.69) is 34.9 Å². The quantitative estimate of drug-likeness (QED) is 0.610. The van der Waals surface area contributed by atoms with E-state index in [1.807, 2.05) is 37.3 Å². The van der Waals surface area contributed by atoms with Crippen molar-refractivity contribution < 1.29 is 9.59 Å². The molecule has 0 radical (unpaired) electrons. The largest absolute Gasteiger partial charge is 0.355 e. The van der Waals surface area contributed by atoms with Crippen LogP contribution in [0.4, 0.5) is 0 Å². The molecule has 3 rings (SSSR count). The number of carbonyl (C=O) groups is 2. The second-order valence-electron chi connectivity index (χ2n) is 6.75. The van der Waals surface area contributed by atoms with Crippen molar-refractivity contribution in [1.82, 2.24) is 10.6 Å². The maximum absolute atomic E-state index is 12.2. The van der Waals surface area contributed by atoms with Crippen molar-refractivity contribution in [3.8, 4) is 11.1 Å². The van der Waals surface area contributed by atoms with Crippen molar-refractivity contribution in [3.63, 3.8) is 0 Å². The molecule has 3 aromatic rings. The molecule has 2 amide bonds. The summed E-state index contributed by atoms with van der Waals surface area (Å²) in [7, 11) is 1.59. The van der Waals surface area contributed by atoms with Crippen molar-refractivity contribution in [3.05, 3.63) is 102 Å². The smallest absolute Gasteiger partial charge is 0.251 e. The number of hydrogen-bond donors (Lipinski definition) is 2. The molecule has 3 aromatic carbocycles. The van der Waals surface area contributed by atoms with E-state index in [1.165, 1.54) is 11.6 Å². The van der Waals surface area contributed by atoms with Gasteiger partial charge in [0.25, 0.3) is 5.91 Å². The third-order valence-corrected chi connectivity index (χ3v) is 4.70. The summed E-state index contributed by atoms with van der Waals surface area (Å²) in [6.07, 6.45) is 3.23. The molecule has 4 nitrogen and oxygen atoms in total. The van der Waals surface area contributed by atoms with Crippen LogP contribution in [0.25, 0.3) is 17.2 Å². The normalized spacial score (nSPS) is 11.8. The Balaban J connectivity index is 1.58. The summed E-state index contributed by atoms with van der Waals surface area (Å²) in [5.74, 6) is -0.301. The Morgan fingerprint density at radius 2 is 1.45 bits per heavy atom. The van der Waals surface area contributed by atoms with E-state index in [1.54, 1.807) is 37.4 Å². The first-order valence-corrected chi connectivity index (χ1v) is 9.53. The molecule has 0 saturated heterocycles. The van der Waals surface area contributed by atoms with Gasteiger partial charge in [0.05, 0.1) is 6.04 Å². The third-order valence-electron chi connectivity index (χ3n) is 4.70. The van der Waals surface area contributed by atoms with Crippen molar-refractivity contribution in [2.45, 2.75) is 13.0 Å². The topological polar surface area (TPSA) is 58.2 Å². The van der Waals surface area contributed by atoms with Gasteiger partial charge in [0.15, 0.2) is 0 Å². The summed E-state index contributed by atoms with van der Waals surface area (Å²) in [5.41, 5.74) is 4.80. The van der Waals surface area contributed by atoms with Gasteiger partial charge in [-0.15, -0.1) is 0 Å². The maximum atomic E-state index is 12.2. The molecule has 0 aromatic heterocycles. The minimum atomic E-state index is -0.167. The van der Waals surface area contributed by atoms with Gasteiger partial charge in [-0.2, -0.15) is 0 Å². The number of hydrogen-bond acceptors (Lipinski definition) is 2. The molecule has 0 spiro atoms. The standard InChI is InChI=1S/C25H24N2O2/c1-18(20-13-15-22(16-14-20)21-6-4-3-5-7-21)27-24(28)17-10-19-8-11-23(12-9-19)25(29)26-2/h3-18H,1-2H3,(H,26,29)(H,27,28)/b17-10+. The molecule has 0 fully saturated rings. The summed E-state index contributed by atoms with van der Waals surface area (Å²) < 4.78 is 0. The van der Waals surface area contributed by atoms with Gasteiger partial charge < -0.3 is 10.6 Å². The zero-order valence-electron chi connectivity index (χ0n) is 16.6. The average molecular weight is 384 g/mol. The molecule has 29 heavy (non-hydrogen) atoms. The molecular formula is C25H24N2O2. The van der Waals surface area contributed by atoms with Gasteiger partial charge in [0, 0.05) is 18.7 Å². The Kier molecular flexibility index (Phi) is 6.59. The van der Waals surface area contributed by atoms with Gasteiger partial charge in [0.1, 0.15) is 0 Å². The zero-order chi connectivity index (χ0) is 20.6. The fourth-order valence-corrected chi connectivity index (χ4v) is 3.00. The monoisotopic (exact) mass is 384 g/mol. The van der Waals surface area contributed by atoms with E-state index in [4.69, 9.17) is 0 Å². The summed E-state index contributed by atoms with van der Waals surface area (Å²) in [6, 6.07) is 25.4. The average Bonchev–Trinajstić information content (AvgIpc) is 2.78. The van der Waals surface area contributed by atoms with Crippen LogP contribution in [0.3, 0.4) is 0 Å². The predicted molar refractivity (Wildman–Crippen MR) is 117 cm³/mol. The molecule has 1 unspecified atom stereocenters. The van der Waals surface area contributed by atoms with Crippen LogP contribution in [0.5, 0.6) is 0 Å². The lowest BCUT2D eigenvalue weighted by Gasteiger charge is -2.13. The van der Waals surface area contributed by atoms with Crippen LogP contribution in [0.15, 0.2) is 84.9 Å². The molecule has 146 valence electrons. The lowest BCUT2D eigenvalue weighted by atomic mass is 10.0. The Hall–Kier alpha value is -3.66. The Morgan fingerprint density at radius 1 is 0.828 bits per heavy atom. The first kappa shape index (κ1) is 20.1. The summed E-state index contributed by atoms with van der Waals surface area (Å²) in [4.78, 5) is 23.8. The highest BCUT2D eigenvalue weighted by molar-refractivity contribution is 5.95. The van der Waals surface area contributed by atoms with Gasteiger partial charge in [-0.1, -0.05) is 66.7 Å². The molecule has 0 heterocycles. The highest BCUT2D eigenvalue weighted by Gasteiger charge is 2.08. The Labute approximate surface area is 171 Å². The lowest BCUT2D eigenvalue weighted by molar-refractivity contribution is -0.117. The molecule has 0 bridgehead atoms. The molecule has 2 N–H and O–H groups in total. The van der Waals surface area contributed by atoms with Gasteiger partial charge in [-0.05, 0) is 47.4 Å². The first-order chi connectivity index (χ1) is 14.1. The van der Waals surface area contributed by atoms with Crippen molar-refractivity contribution in [2.24, 2.45) is 0 Å². The van der Waals surface area contributed by atoms with Gasteiger partial charge in [-0.3, -0.25) is 9.59 Å². The molecular weight excluding hydrogens is 360 g/mol. The number of carbonyl (C=O) groups excluding carboxylic acids is 2. The van der Waals surface area contributed by atoms with Crippen LogP contribution in [0, 0.1) is 0 Å². The van der Waals surface area contributed by atoms with E-state index < -0.39 is 0 Å². The van der Waals surface area contributed by atoms with Crippen molar-refractivity contribution >= 4 is 17.9 Å². The van der Waals surface area contributed by atoms with Crippen LogP contribution >= 0.6 is 0 Å². The first-order valence-electron chi connectivity index (χ1n) is 9.53. The predicted octanol–water partition coefficient (Wildman–Crippen LogP) is 4.60. The van der Waals surface area contributed by atoms with Crippen LogP contribution in [0.2, 0.25) is 0 Å². The van der Waals surface area contributed by atoms with E-state index in [-0.39, 0.29) is 17.9 Å². The molecule has 0 aliphatic carbocycles. The molecule has 4 heteroatoms. The van der Waals surface area contributed by atoms with Crippen LogP contribution in [-0.4, -0.2) is 18.9 Å². The highest BCUT2D eigenvalue weighted by Crippen LogP contribution is 2.21. The second-order valence-corrected chi connectivity index (χ2v) is 6.75. The van der Waals surface area contributed by atoms with E-state index in [9.17, 15) is 9.59 Å². The van der Waals surface area contributed by atoms with Gasteiger partial charge in [-0.25, -0.2) is 0 Å². The summed E-state index contributed by atoms with van der Waals surface area (Å²) in [5, 5.41) is 5.55. The van der Waals surface area contributed by atoms with Crippen LogP contribution < -0.4 is 10.6 Å². The maximum Gasteiger partial charge on any atom is 0.251 e. The molecule has 1 atom stereocenters. The Morgan fingerprint density at radius 3 is 2.07 bits per heavy atom. The Bertz CT molecular complexity index is 991. The zero-order valence-corrected chi connectivity index (χ0v) is 16.6. The van der Waals surface area contributed by atoms with Crippen LogP contribution in [0.1, 0.15) is 34.5 Å². The number of nitrogens with one attached hydrogen (secondary N) is 2. The minimum absolute atomic E-state index is 0.104. The minimum Gasteiger partial charge on any atom is -0.355 e. The fourth-order valence-electron chi connectivity index (χ4n) is 3.00. The van der Waals surface area contributed by atoms with Crippen LogP contribution in [-0.2, 0) is 4.79 Å². The molecule has 0 aliphatic rings. The van der Waals surface area contributed by atoms with Gasteiger partial charge in [0.2, 0.25) is 5.91 Å². The third kappa shape index (κ3) is 5.42. The summed E-state index contributed by atoms with van der Waals surface area (Å²) in [6.45, 7) is 1.96. The fraction of sp³-hybridized carbons (Fsp3) is 0.120. The number of amides is 2. The van der Waals surface area contributed by atoms with Gasteiger partial charge >= 0.3 is 0 Å². The van der Waals surface area contributed by atoms with E-state index in [0.29, 0.717) is 5.56 Å². The lowest BCUT2D eigenvalue weighted by Crippen LogP contribution is -2.24. The van der Waals surface area contributed by atoms with Crippen molar-refractivity contribution in [2.75, 3.05) is 7.05 Å². The van der Waals surface area contributed by atoms with E-state index >= 15 is 0 Å². The SMILES string of the molecule is CNC(=O)c1ccc(/C=C/C(=O)NC(C)c2ccc(-c3ccccc3)cc2)cc1.